The number of nitrogens with zero attached hydrogens (tertiary/aromatic N) is 1. The highest BCUT2D eigenvalue weighted by Crippen LogP contribution is 2.25. The molecule has 0 radical (unpaired) electrons. The van der Waals surface area contributed by atoms with E-state index in [1.165, 1.54) is 4.90 Å². The Balaban J connectivity index is 0.00000242. The maximum absolute atomic E-state index is 11.9. The smallest absolute Gasteiger partial charge is 0.241 e. The van der Waals surface area contributed by atoms with Crippen LogP contribution in [0.25, 0.3) is 0 Å². The van der Waals surface area contributed by atoms with Crippen molar-refractivity contribution in [2.75, 3.05) is 31.9 Å². The van der Waals surface area contributed by atoms with Crippen LogP contribution >= 0.6 is 24.2 Å². The van der Waals surface area contributed by atoms with Gasteiger partial charge in [0, 0.05) is 23.7 Å². The standard InChI is InChI=1S/C15H21N3O2S.ClH/c16-8-14(19)17-9-15(20)18-7-6-12(10-18)11-21-13-4-2-1-3-5-13;/h1-5,12H,6-11,16H2,(H,17,19);1H. The molecule has 0 aromatic heterocycles. The zero-order chi connectivity index (χ0) is 15.1. The predicted octanol–water partition coefficient (Wildman–Crippen LogP) is 1.12. The molecule has 2 amide bonds. The van der Waals surface area contributed by atoms with Crippen molar-refractivity contribution in [2.24, 2.45) is 11.7 Å². The van der Waals surface area contributed by atoms with Crippen LogP contribution in [0.15, 0.2) is 35.2 Å². The normalized spacial score (nSPS) is 17.0. The molecule has 122 valence electrons. The summed E-state index contributed by atoms with van der Waals surface area (Å²) >= 11 is 1.83. The first-order valence-corrected chi connectivity index (χ1v) is 8.10. The van der Waals surface area contributed by atoms with E-state index in [4.69, 9.17) is 5.73 Å². The first-order chi connectivity index (χ1) is 10.2. The molecule has 7 heteroatoms. The van der Waals surface area contributed by atoms with Crippen LogP contribution < -0.4 is 11.1 Å². The minimum atomic E-state index is -0.293. The molecule has 5 nitrogen and oxygen atoms in total. The summed E-state index contributed by atoms with van der Waals surface area (Å²) in [6, 6.07) is 10.3. The summed E-state index contributed by atoms with van der Waals surface area (Å²) in [7, 11) is 0. The molecule has 1 unspecified atom stereocenters. The summed E-state index contributed by atoms with van der Waals surface area (Å²) in [5.41, 5.74) is 5.19. The molecule has 1 aliphatic heterocycles. The van der Waals surface area contributed by atoms with E-state index in [1.54, 1.807) is 0 Å². The zero-order valence-electron chi connectivity index (χ0n) is 12.4. The number of nitrogens with one attached hydrogen (secondary N) is 1. The third-order valence-electron chi connectivity index (χ3n) is 3.49. The maximum atomic E-state index is 11.9. The third kappa shape index (κ3) is 5.87. The van der Waals surface area contributed by atoms with E-state index in [0.717, 1.165) is 25.3 Å². The lowest BCUT2D eigenvalue weighted by molar-refractivity contribution is -0.131. The van der Waals surface area contributed by atoms with Gasteiger partial charge in [-0.05, 0) is 24.5 Å². The van der Waals surface area contributed by atoms with Gasteiger partial charge in [0.1, 0.15) is 0 Å². The highest BCUT2D eigenvalue weighted by atomic mass is 35.5. The number of nitrogens with two attached hydrogens (primary N) is 1. The second-order valence-electron chi connectivity index (χ2n) is 5.10. The minimum absolute atomic E-state index is 0. The molecule has 1 aromatic rings. The molecule has 2 rings (SSSR count). The van der Waals surface area contributed by atoms with Gasteiger partial charge in [0.2, 0.25) is 11.8 Å². The molecule has 1 heterocycles. The van der Waals surface area contributed by atoms with Gasteiger partial charge in [-0.15, -0.1) is 24.2 Å². The lowest BCUT2D eigenvalue weighted by atomic mass is 10.2. The van der Waals surface area contributed by atoms with Crippen molar-refractivity contribution in [3.05, 3.63) is 30.3 Å². The Kier molecular flexibility index (Phi) is 8.30. The Morgan fingerprint density at radius 2 is 2.05 bits per heavy atom. The second kappa shape index (κ2) is 9.71. The van der Waals surface area contributed by atoms with Gasteiger partial charge in [0.05, 0.1) is 13.1 Å². The van der Waals surface area contributed by atoms with E-state index in [9.17, 15) is 9.59 Å². The highest BCUT2D eigenvalue weighted by Gasteiger charge is 2.26. The third-order valence-corrected chi connectivity index (χ3v) is 4.73. The van der Waals surface area contributed by atoms with Gasteiger partial charge >= 0.3 is 0 Å². The molecule has 1 aromatic carbocycles. The maximum Gasteiger partial charge on any atom is 0.241 e. The topological polar surface area (TPSA) is 75.4 Å². The Morgan fingerprint density at radius 3 is 2.73 bits per heavy atom. The van der Waals surface area contributed by atoms with Crippen molar-refractivity contribution >= 4 is 36.0 Å². The first-order valence-electron chi connectivity index (χ1n) is 7.11. The number of carbonyl (C=O) groups excluding carboxylic acids is 2. The van der Waals surface area contributed by atoms with Crippen LogP contribution in [-0.4, -0.2) is 48.6 Å². The predicted molar refractivity (Wildman–Crippen MR) is 91.2 cm³/mol. The van der Waals surface area contributed by atoms with Gasteiger partial charge in [-0.25, -0.2) is 0 Å². The van der Waals surface area contributed by atoms with Crippen LogP contribution in [0.4, 0.5) is 0 Å². The summed E-state index contributed by atoms with van der Waals surface area (Å²) in [6.07, 6.45) is 1.02. The molecule has 0 aliphatic carbocycles. The summed E-state index contributed by atoms with van der Waals surface area (Å²) in [5.74, 6) is 1.22. The van der Waals surface area contributed by atoms with Gasteiger partial charge in [-0.1, -0.05) is 18.2 Å². The van der Waals surface area contributed by atoms with Gasteiger partial charge in [-0.3, -0.25) is 9.59 Å². The number of hydrogen-bond donors (Lipinski definition) is 2. The van der Waals surface area contributed by atoms with Gasteiger partial charge in [0.25, 0.3) is 0 Å². The molecular formula is C15H22ClN3O2S. The average molecular weight is 344 g/mol. The summed E-state index contributed by atoms with van der Waals surface area (Å²) < 4.78 is 0. The lowest BCUT2D eigenvalue weighted by Gasteiger charge is -2.16. The van der Waals surface area contributed by atoms with Crippen LogP contribution in [0, 0.1) is 5.92 Å². The van der Waals surface area contributed by atoms with Crippen LogP contribution in [0.2, 0.25) is 0 Å². The quantitative estimate of drug-likeness (QED) is 0.759. The minimum Gasteiger partial charge on any atom is -0.346 e. The number of halogens is 1. The van der Waals surface area contributed by atoms with Crippen LogP contribution in [-0.2, 0) is 9.59 Å². The molecule has 0 spiro atoms. The van der Waals surface area contributed by atoms with E-state index < -0.39 is 0 Å². The number of benzene rings is 1. The molecule has 1 fully saturated rings. The second-order valence-corrected chi connectivity index (χ2v) is 6.19. The van der Waals surface area contributed by atoms with Crippen molar-refractivity contribution in [2.45, 2.75) is 11.3 Å². The van der Waals surface area contributed by atoms with Crippen LogP contribution in [0.5, 0.6) is 0 Å². The van der Waals surface area contributed by atoms with Gasteiger partial charge < -0.3 is 16.0 Å². The molecule has 3 N–H and O–H groups in total. The first kappa shape index (κ1) is 18.8. The molecule has 1 saturated heterocycles. The van der Waals surface area contributed by atoms with Crippen molar-refractivity contribution in [3.8, 4) is 0 Å². The van der Waals surface area contributed by atoms with E-state index in [2.05, 4.69) is 17.4 Å². The van der Waals surface area contributed by atoms with Crippen molar-refractivity contribution in [1.29, 1.82) is 0 Å². The summed E-state index contributed by atoms with van der Waals surface area (Å²) in [6.45, 7) is 1.52. The number of carbonyl (C=O) groups is 2. The Morgan fingerprint density at radius 1 is 1.32 bits per heavy atom. The van der Waals surface area contributed by atoms with Crippen LogP contribution in [0.3, 0.4) is 0 Å². The summed E-state index contributed by atoms with van der Waals surface area (Å²) in [4.78, 5) is 26.1. The van der Waals surface area contributed by atoms with Crippen molar-refractivity contribution in [1.82, 2.24) is 10.2 Å². The lowest BCUT2D eigenvalue weighted by Crippen LogP contribution is -2.41. The molecular weight excluding hydrogens is 322 g/mol. The fourth-order valence-electron chi connectivity index (χ4n) is 2.28. The fourth-order valence-corrected chi connectivity index (χ4v) is 3.33. The molecule has 0 saturated carbocycles. The van der Waals surface area contributed by atoms with Gasteiger partial charge in [-0.2, -0.15) is 0 Å². The number of hydrogen-bond acceptors (Lipinski definition) is 4. The molecule has 1 atom stereocenters. The van der Waals surface area contributed by atoms with E-state index >= 15 is 0 Å². The monoisotopic (exact) mass is 343 g/mol. The van der Waals surface area contributed by atoms with Crippen molar-refractivity contribution < 1.29 is 9.59 Å². The number of likely N-dealkylation sites (tertiary alicyclic amines) is 1. The van der Waals surface area contributed by atoms with E-state index in [0.29, 0.717) is 5.92 Å². The molecule has 0 bridgehead atoms. The highest BCUT2D eigenvalue weighted by molar-refractivity contribution is 7.99. The number of amides is 2. The molecule has 1 aliphatic rings. The average Bonchev–Trinajstić information content (AvgIpc) is 3.00. The fraction of sp³-hybridized carbons (Fsp3) is 0.467. The Bertz CT molecular complexity index is 487. The number of rotatable bonds is 6. The SMILES string of the molecule is Cl.NCC(=O)NCC(=O)N1CCC(CSc2ccccc2)C1. The van der Waals surface area contributed by atoms with E-state index in [1.807, 2.05) is 34.9 Å². The van der Waals surface area contributed by atoms with Crippen molar-refractivity contribution in [3.63, 3.8) is 0 Å². The number of thioether (sulfide) groups is 1. The largest absolute Gasteiger partial charge is 0.346 e. The zero-order valence-corrected chi connectivity index (χ0v) is 14.0. The van der Waals surface area contributed by atoms with Gasteiger partial charge in [0.15, 0.2) is 0 Å². The Hall–Kier alpha value is -1.24. The Labute approximate surface area is 141 Å². The van der Waals surface area contributed by atoms with Crippen LogP contribution in [0.1, 0.15) is 6.42 Å². The summed E-state index contributed by atoms with van der Waals surface area (Å²) in [5, 5.41) is 2.52. The molecule has 22 heavy (non-hydrogen) atoms. The van der Waals surface area contributed by atoms with E-state index in [-0.39, 0.29) is 37.3 Å².